The van der Waals surface area contributed by atoms with Crippen LogP contribution in [0.5, 0.6) is 5.75 Å². The zero-order valence-electron chi connectivity index (χ0n) is 16.2. The number of hydrogen-bond acceptors (Lipinski definition) is 5. The zero-order valence-corrected chi connectivity index (χ0v) is 16.2. The second kappa shape index (κ2) is 8.00. The number of hydrogen-bond donors (Lipinski definition) is 1. The van der Waals surface area contributed by atoms with Crippen molar-refractivity contribution in [2.45, 2.75) is 32.6 Å². The zero-order chi connectivity index (χ0) is 20.4. The third-order valence-electron chi connectivity index (χ3n) is 5.29. The Kier molecular flexibility index (Phi) is 5.67. The van der Waals surface area contributed by atoms with Gasteiger partial charge in [-0.25, -0.2) is 0 Å². The molecule has 0 atom stereocenters. The normalized spacial score (nSPS) is 17.6. The van der Waals surface area contributed by atoms with Crippen LogP contribution in [0.1, 0.15) is 48.5 Å². The molecule has 0 bridgehead atoms. The molecule has 1 N–H and O–H groups in total. The van der Waals surface area contributed by atoms with Gasteiger partial charge in [-0.1, -0.05) is 19.9 Å². The molecule has 0 aromatic heterocycles. The molecule has 0 spiro atoms. The highest BCUT2D eigenvalue weighted by Crippen LogP contribution is 2.25. The van der Waals surface area contributed by atoms with E-state index in [0.717, 1.165) is 10.5 Å². The Bertz CT molecular complexity index is 796. The number of amides is 4. The van der Waals surface area contributed by atoms with Crippen molar-refractivity contribution < 1.29 is 24.3 Å². The fraction of sp³-hybridized carbons (Fsp3) is 0.500. The monoisotopic (exact) mass is 387 g/mol. The second-order valence-corrected chi connectivity index (χ2v) is 7.48. The average molecular weight is 387 g/mol. The predicted molar refractivity (Wildman–Crippen MR) is 101 cm³/mol. The standard InChI is InChI=1S/C20H25N3O5/c1-13(2)14-3-4-16(24)15(11-14)20(28)22-9-7-21(8-10-22)19(27)12-23-17(25)5-6-18(23)26/h3-4,11,13,24H,5-10,12H2,1-2H3. The summed E-state index contributed by atoms with van der Waals surface area (Å²) in [5.74, 6) is -1.01. The fourth-order valence-electron chi connectivity index (χ4n) is 3.45. The molecule has 2 aliphatic rings. The summed E-state index contributed by atoms with van der Waals surface area (Å²) in [6, 6.07) is 5.05. The topological polar surface area (TPSA) is 98.2 Å². The van der Waals surface area contributed by atoms with Crippen molar-refractivity contribution in [1.82, 2.24) is 14.7 Å². The van der Waals surface area contributed by atoms with Gasteiger partial charge in [0.1, 0.15) is 12.3 Å². The van der Waals surface area contributed by atoms with Gasteiger partial charge in [-0.3, -0.25) is 24.1 Å². The van der Waals surface area contributed by atoms with E-state index in [9.17, 15) is 24.3 Å². The molecule has 2 saturated heterocycles. The van der Waals surface area contributed by atoms with Gasteiger partial charge in [0.2, 0.25) is 17.7 Å². The predicted octanol–water partition coefficient (Wildman–Crippen LogP) is 0.949. The highest BCUT2D eigenvalue weighted by molar-refractivity contribution is 6.04. The first-order valence-electron chi connectivity index (χ1n) is 9.51. The molecule has 8 nitrogen and oxygen atoms in total. The number of benzene rings is 1. The van der Waals surface area contributed by atoms with Crippen molar-refractivity contribution in [2.75, 3.05) is 32.7 Å². The van der Waals surface area contributed by atoms with E-state index in [1.54, 1.807) is 21.9 Å². The number of likely N-dealkylation sites (tertiary alicyclic amines) is 1. The third-order valence-corrected chi connectivity index (χ3v) is 5.29. The summed E-state index contributed by atoms with van der Waals surface area (Å²) in [5.41, 5.74) is 1.23. The number of carbonyl (C=O) groups is 4. The molecular formula is C20H25N3O5. The molecule has 2 fully saturated rings. The summed E-state index contributed by atoms with van der Waals surface area (Å²) in [6.07, 6.45) is 0.320. The van der Waals surface area contributed by atoms with Crippen LogP contribution in [0.4, 0.5) is 0 Å². The van der Waals surface area contributed by atoms with Gasteiger partial charge in [0.25, 0.3) is 5.91 Å². The number of aromatic hydroxyl groups is 1. The number of nitrogens with zero attached hydrogens (tertiary/aromatic N) is 3. The highest BCUT2D eigenvalue weighted by atomic mass is 16.3. The van der Waals surface area contributed by atoms with Crippen LogP contribution in [0.2, 0.25) is 0 Å². The van der Waals surface area contributed by atoms with Crippen LogP contribution < -0.4 is 0 Å². The first-order valence-corrected chi connectivity index (χ1v) is 9.51. The van der Waals surface area contributed by atoms with E-state index >= 15 is 0 Å². The molecule has 28 heavy (non-hydrogen) atoms. The molecule has 8 heteroatoms. The van der Waals surface area contributed by atoms with E-state index in [1.807, 2.05) is 13.8 Å². The number of piperazine rings is 1. The molecule has 4 amide bonds. The molecule has 150 valence electrons. The third kappa shape index (κ3) is 4.00. The van der Waals surface area contributed by atoms with E-state index in [0.29, 0.717) is 26.2 Å². The number of imide groups is 1. The second-order valence-electron chi connectivity index (χ2n) is 7.48. The summed E-state index contributed by atoms with van der Waals surface area (Å²) in [5, 5.41) is 10.1. The van der Waals surface area contributed by atoms with Crippen LogP contribution >= 0.6 is 0 Å². The lowest BCUT2D eigenvalue weighted by Gasteiger charge is -2.35. The Balaban J connectivity index is 1.60. The van der Waals surface area contributed by atoms with E-state index in [2.05, 4.69) is 0 Å². The molecule has 3 rings (SSSR count). The Morgan fingerprint density at radius 3 is 2.14 bits per heavy atom. The van der Waals surface area contributed by atoms with E-state index in [-0.39, 0.29) is 60.2 Å². The van der Waals surface area contributed by atoms with Gasteiger partial charge in [0, 0.05) is 39.0 Å². The summed E-state index contributed by atoms with van der Waals surface area (Å²) >= 11 is 0. The number of rotatable bonds is 4. The number of carbonyl (C=O) groups excluding carboxylic acids is 4. The van der Waals surface area contributed by atoms with Gasteiger partial charge >= 0.3 is 0 Å². The van der Waals surface area contributed by atoms with Gasteiger partial charge in [0.05, 0.1) is 5.56 Å². The lowest BCUT2D eigenvalue weighted by molar-refractivity contribution is -0.146. The molecule has 1 aromatic rings. The fourth-order valence-corrected chi connectivity index (χ4v) is 3.45. The van der Waals surface area contributed by atoms with Crippen LogP contribution in [-0.2, 0) is 14.4 Å². The Morgan fingerprint density at radius 2 is 1.57 bits per heavy atom. The summed E-state index contributed by atoms with van der Waals surface area (Å²) in [4.78, 5) is 52.7. The minimum atomic E-state index is -0.312. The van der Waals surface area contributed by atoms with Gasteiger partial charge in [-0.15, -0.1) is 0 Å². The first kappa shape index (κ1) is 19.9. The van der Waals surface area contributed by atoms with Crippen molar-refractivity contribution in [3.8, 4) is 5.75 Å². The maximum absolute atomic E-state index is 12.8. The molecule has 0 aliphatic carbocycles. The molecule has 2 aliphatic heterocycles. The summed E-state index contributed by atoms with van der Waals surface area (Å²) in [6.45, 7) is 5.11. The lowest BCUT2D eigenvalue weighted by Crippen LogP contribution is -2.53. The molecule has 0 unspecified atom stereocenters. The van der Waals surface area contributed by atoms with Crippen LogP contribution in [-0.4, -0.2) is 76.2 Å². The average Bonchev–Trinajstić information content (AvgIpc) is 2.99. The van der Waals surface area contributed by atoms with Gasteiger partial charge in [-0.05, 0) is 23.6 Å². The van der Waals surface area contributed by atoms with Crippen molar-refractivity contribution in [2.24, 2.45) is 0 Å². The summed E-state index contributed by atoms with van der Waals surface area (Å²) < 4.78 is 0. The molecule has 0 saturated carbocycles. The van der Waals surface area contributed by atoms with Crippen LogP contribution in [0, 0.1) is 0 Å². The number of phenolic OH excluding ortho intramolecular Hbond substituents is 1. The van der Waals surface area contributed by atoms with Gasteiger partial charge < -0.3 is 14.9 Å². The van der Waals surface area contributed by atoms with Crippen molar-refractivity contribution in [3.63, 3.8) is 0 Å². The van der Waals surface area contributed by atoms with Gasteiger partial charge in [0.15, 0.2) is 0 Å². The Morgan fingerprint density at radius 1 is 1.00 bits per heavy atom. The Hall–Kier alpha value is -2.90. The molecule has 2 heterocycles. The van der Waals surface area contributed by atoms with Crippen molar-refractivity contribution in [1.29, 1.82) is 0 Å². The maximum atomic E-state index is 12.8. The van der Waals surface area contributed by atoms with Crippen LogP contribution in [0.3, 0.4) is 0 Å². The SMILES string of the molecule is CC(C)c1ccc(O)c(C(=O)N2CCN(C(=O)CN3C(=O)CCC3=O)CC2)c1. The van der Waals surface area contributed by atoms with E-state index < -0.39 is 0 Å². The smallest absolute Gasteiger partial charge is 0.257 e. The van der Waals surface area contributed by atoms with Gasteiger partial charge in [-0.2, -0.15) is 0 Å². The number of phenols is 1. The maximum Gasteiger partial charge on any atom is 0.257 e. The molecular weight excluding hydrogens is 362 g/mol. The molecule has 1 aromatic carbocycles. The molecule has 0 radical (unpaired) electrons. The van der Waals surface area contributed by atoms with Crippen molar-refractivity contribution in [3.05, 3.63) is 29.3 Å². The highest BCUT2D eigenvalue weighted by Gasteiger charge is 2.33. The Labute approximate surface area is 163 Å². The largest absolute Gasteiger partial charge is 0.507 e. The van der Waals surface area contributed by atoms with Crippen LogP contribution in [0.25, 0.3) is 0 Å². The quantitative estimate of drug-likeness (QED) is 0.776. The van der Waals surface area contributed by atoms with E-state index in [1.165, 1.54) is 6.07 Å². The van der Waals surface area contributed by atoms with Crippen LogP contribution in [0.15, 0.2) is 18.2 Å². The van der Waals surface area contributed by atoms with Crippen molar-refractivity contribution >= 4 is 23.6 Å². The summed E-state index contributed by atoms with van der Waals surface area (Å²) in [7, 11) is 0. The van der Waals surface area contributed by atoms with E-state index in [4.69, 9.17) is 0 Å². The minimum absolute atomic E-state index is 0.0565. The lowest BCUT2D eigenvalue weighted by atomic mass is 9.99. The first-order chi connectivity index (χ1) is 13.3. The minimum Gasteiger partial charge on any atom is -0.507 e.